The highest BCUT2D eigenvalue weighted by atomic mass is 35.5. The summed E-state index contributed by atoms with van der Waals surface area (Å²) in [6.07, 6.45) is 0.317. The van der Waals surface area contributed by atoms with E-state index in [1.165, 1.54) is 0 Å². The molecular formula is C22H21ClN2O3S. The SMILES string of the molecule is Cc1ccc(S(=O)(=O)Nc2ccc(C(=O)CCNc3ccc(Cl)cc3)cc2)cc1. The van der Waals surface area contributed by atoms with Gasteiger partial charge in [0.05, 0.1) is 4.90 Å². The van der Waals surface area contributed by atoms with Crippen LogP contribution in [0.25, 0.3) is 0 Å². The molecule has 0 spiro atoms. The van der Waals surface area contributed by atoms with E-state index in [2.05, 4.69) is 10.0 Å². The third-order valence-corrected chi connectivity index (χ3v) is 5.96. The summed E-state index contributed by atoms with van der Waals surface area (Å²) >= 11 is 5.85. The number of hydrogen-bond acceptors (Lipinski definition) is 4. The molecule has 0 aliphatic rings. The van der Waals surface area contributed by atoms with Crippen LogP contribution in [0.15, 0.2) is 77.7 Å². The zero-order valence-corrected chi connectivity index (χ0v) is 17.4. The molecule has 0 heterocycles. The molecule has 0 unspecified atom stereocenters. The number of carbonyl (C=O) groups is 1. The van der Waals surface area contributed by atoms with Crippen LogP contribution in [0.3, 0.4) is 0 Å². The van der Waals surface area contributed by atoms with Gasteiger partial charge in [-0.05, 0) is 67.6 Å². The molecule has 150 valence electrons. The standard InChI is InChI=1S/C22H21ClN2O3S/c1-16-2-12-21(13-3-16)29(27,28)25-20-8-4-17(5-9-20)22(26)14-15-24-19-10-6-18(23)7-11-19/h2-13,24-25H,14-15H2,1H3. The Morgan fingerprint density at radius 2 is 1.45 bits per heavy atom. The van der Waals surface area contributed by atoms with E-state index in [-0.39, 0.29) is 10.7 Å². The molecule has 0 radical (unpaired) electrons. The number of aryl methyl sites for hydroxylation is 1. The minimum absolute atomic E-state index is 0.0283. The molecule has 0 saturated heterocycles. The highest BCUT2D eigenvalue weighted by Crippen LogP contribution is 2.18. The maximum atomic E-state index is 12.4. The van der Waals surface area contributed by atoms with Crippen LogP contribution in [0.1, 0.15) is 22.3 Å². The quantitative estimate of drug-likeness (QED) is 0.487. The maximum absolute atomic E-state index is 12.4. The van der Waals surface area contributed by atoms with Crippen molar-refractivity contribution in [2.45, 2.75) is 18.2 Å². The molecule has 5 nitrogen and oxygen atoms in total. The van der Waals surface area contributed by atoms with Gasteiger partial charge in [-0.15, -0.1) is 0 Å². The second kappa shape index (κ2) is 9.11. The van der Waals surface area contributed by atoms with Gasteiger partial charge in [-0.3, -0.25) is 9.52 Å². The Bertz CT molecular complexity index is 1080. The molecule has 0 saturated carbocycles. The largest absolute Gasteiger partial charge is 0.385 e. The lowest BCUT2D eigenvalue weighted by Gasteiger charge is -2.09. The summed E-state index contributed by atoms with van der Waals surface area (Å²) in [6, 6.07) is 20.3. The molecule has 0 aliphatic heterocycles. The number of rotatable bonds is 8. The van der Waals surface area contributed by atoms with Gasteiger partial charge in [-0.25, -0.2) is 8.42 Å². The summed E-state index contributed by atoms with van der Waals surface area (Å²) in [4.78, 5) is 12.5. The molecule has 0 fully saturated rings. The van der Waals surface area contributed by atoms with Gasteiger partial charge in [0.2, 0.25) is 0 Å². The van der Waals surface area contributed by atoms with Crippen LogP contribution in [0.2, 0.25) is 5.02 Å². The van der Waals surface area contributed by atoms with Gasteiger partial charge in [0.1, 0.15) is 0 Å². The fourth-order valence-corrected chi connectivity index (χ4v) is 3.87. The number of ketones is 1. The average molecular weight is 429 g/mol. The van der Waals surface area contributed by atoms with Gasteiger partial charge in [0.25, 0.3) is 10.0 Å². The van der Waals surface area contributed by atoms with Crippen molar-refractivity contribution in [2.75, 3.05) is 16.6 Å². The van der Waals surface area contributed by atoms with Crippen LogP contribution in [0.4, 0.5) is 11.4 Å². The monoisotopic (exact) mass is 428 g/mol. The number of hydrogen-bond donors (Lipinski definition) is 2. The summed E-state index contributed by atoms with van der Waals surface area (Å²) in [5.41, 5.74) is 2.81. The number of anilines is 2. The predicted molar refractivity (Wildman–Crippen MR) is 117 cm³/mol. The first-order valence-electron chi connectivity index (χ1n) is 9.06. The van der Waals surface area contributed by atoms with Crippen molar-refractivity contribution < 1.29 is 13.2 Å². The lowest BCUT2D eigenvalue weighted by atomic mass is 10.1. The maximum Gasteiger partial charge on any atom is 0.261 e. The Labute approximate surface area is 175 Å². The molecule has 3 rings (SSSR count). The van der Waals surface area contributed by atoms with Crippen LogP contribution < -0.4 is 10.0 Å². The van der Waals surface area contributed by atoms with Gasteiger partial charge >= 0.3 is 0 Å². The minimum Gasteiger partial charge on any atom is -0.385 e. The normalized spacial score (nSPS) is 11.1. The van der Waals surface area contributed by atoms with E-state index in [0.717, 1.165) is 11.3 Å². The van der Waals surface area contributed by atoms with Crippen molar-refractivity contribution in [3.8, 4) is 0 Å². The van der Waals surface area contributed by atoms with Gasteiger partial charge in [0, 0.05) is 34.9 Å². The number of nitrogens with one attached hydrogen (secondary N) is 2. The van der Waals surface area contributed by atoms with E-state index >= 15 is 0 Å². The van der Waals surface area contributed by atoms with Gasteiger partial charge in [0.15, 0.2) is 5.78 Å². The summed E-state index contributed by atoms with van der Waals surface area (Å²) in [5, 5.41) is 3.82. The first-order valence-corrected chi connectivity index (χ1v) is 10.9. The van der Waals surface area contributed by atoms with E-state index in [9.17, 15) is 13.2 Å². The van der Waals surface area contributed by atoms with Crippen LogP contribution in [0, 0.1) is 6.92 Å². The third-order valence-electron chi connectivity index (χ3n) is 4.32. The zero-order valence-electron chi connectivity index (χ0n) is 15.9. The molecule has 0 aliphatic carbocycles. The molecule has 2 N–H and O–H groups in total. The van der Waals surface area contributed by atoms with Gasteiger partial charge < -0.3 is 5.32 Å². The molecule has 3 aromatic rings. The molecular weight excluding hydrogens is 408 g/mol. The fraction of sp³-hybridized carbons (Fsp3) is 0.136. The van der Waals surface area contributed by atoms with E-state index < -0.39 is 10.0 Å². The summed E-state index contributed by atoms with van der Waals surface area (Å²) in [6.45, 7) is 2.38. The zero-order chi connectivity index (χ0) is 20.9. The van der Waals surface area contributed by atoms with Crippen LogP contribution in [0.5, 0.6) is 0 Å². The van der Waals surface area contributed by atoms with Crippen LogP contribution in [-0.2, 0) is 10.0 Å². The third kappa shape index (κ3) is 5.82. The Morgan fingerprint density at radius 1 is 0.862 bits per heavy atom. The molecule has 0 amide bonds. The Hall–Kier alpha value is -2.83. The van der Waals surface area contributed by atoms with E-state index in [0.29, 0.717) is 29.2 Å². The summed E-state index contributed by atoms with van der Waals surface area (Å²) in [5.74, 6) is -0.0283. The molecule has 0 bridgehead atoms. The van der Waals surface area contributed by atoms with Crippen molar-refractivity contribution in [3.05, 3.63) is 88.9 Å². The van der Waals surface area contributed by atoms with Crippen LogP contribution >= 0.6 is 11.6 Å². The number of sulfonamides is 1. The minimum atomic E-state index is -3.67. The van der Waals surface area contributed by atoms with E-state index in [4.69, 9.17) is 11.6 Å². The van der Waals surface area contributed by atoms with Crippen molar-refractivity contribution in [1.82, 2.24) is 0 Å². The van der Waals surface area contributed by atoms with Crippen molar-refractivity contribution in [1.29, 1.82) is 0 Å². The van der Waals surface area contributed by atoms with Gasteiger partial charge in [-0.1, -0.05) is 29.3 Å². The highest BCUT2D eigenvalue weighted by Gasteiger charge is 2.14. The number of carbonyl (C=O) groups excluding carboxylic acids is 1. The molecule has 29 heavy (non-hydrogen) atoms. The molecule has 3 aromatic carbocycles. The molecule has 7 heteroatoms. The fourth-order valence-electron chi connectivity index (χ4n) is 2.69. The van der Waals surface area contributed by atoms with Crippen LogP contribution in [-0.4, -0.2) is 20.7 Å². The second-order valence-electron chi connectivity index (χ2n) is 6.60. The van der Waals surface area contributed by atoms with Gasteiger partial charge in [-0.2, -0.15) is 0 Å². The lowest BCUT2D eigenvalue weighted by molar-refractivity contribution is 0.0986. The van der Waals surface area contributed by atoms with E-state index in [1.807, 2.05) is 19.1 Å². The number of benzene rings is 3. The highest BCUT2D eigenvalue weighted by molar-refractivity contribution is 7.92. The Balaban J connectivity index is 1.56. The smallest absolute Gasteiger partial charge is 0.261 e. The average Bonchev–Trinajstić information content (AvgIpc) is 2.70. The Kier molecular flexibility index (Phi) is 6.56. The van der Waals surface area contributed by atoms with Crippen molar-refractivity contribution >= 4 is 38.8 Å². The second-order valence-corrected chi connectivity index (χ2v) is 8.72. The predicted octanol–water partition coefficient (Wildman–Crippen LogP) is 5.13. The first-order chi connectivity index (χ1) is 13.8. The molecule has 0 atom stereocenters. The summed E-state index contributed by atoms with van der Waals surface area (Å²) < 4.78 is 27.4. The first kappa shape index (κ1) is 20.9. The lowest BCUT2D eigenvalue weighted by Crippen LogP contribution is -2.13. The number of halogens is 1. The van der Waals surface area contributed by atoms with Crippen molar-refractivity contribution in [3.63, 3.8) is 0 Å². The van der Waals surface area contributed by atoms with E-state index in [1.54, 1.807) is 60.7 Å². The Morgan fingerprint density at radius 3 is 2.07 bits per heavy atom. The number of Topliss-reactive ketones (excluding diaryl/α,β-unsaturated/α-hetero) is 1. The molecule has 0 aromatic heterocycles. The topological polar surface area (TPSA) is 75.3 Å². The van der Waals surface area contributed by atoms with Crippen molar-refractivity contribution in [2.24, 2.45) is 0 Å². The summed E-state index contributed by atoms with van der Waals surface area (Å²) in [7, 11) is -3.67.